The molecule has 0 aliphatic carbocycles. The lowest BCUT2D eigenvalue weighted by Gasteiger charge is -2.35. The molecule has 0 aliphatic heterocycles. The molecule has 0 amide bonds. The molecule has 1 N–H and O–H groups in total. The van der Waals surface area contributed by atoms with E-state index in [-0.39, 0.29) is 11.0 Å². The van der Waals surface area contributed by atoms with Crippen LogP contribution in [0.15, 0.2) is 5.38 Å². The minimum Gasteiger partial charge on any atom is -0.303 e. The van der Waals surface area contributed by atoms with Crippen LogP contribution < -0.4 is 5.32 Å². The van der Waals surface area contributed by atoms with Gasteiger partial charge in [-0.3, -0.25) is 0 Å². The van der Waals surface area contributed by atoms with Crippen molar-refractivity contribution in [2.75, 3.05) is 0 Å². The summed E-state index contributed by atoms with van der Waals surface area (Å²) in [6, 6.07) is 0.458. The van der Waals surface area contributed by atoms with Crippen LogP contribution in [0.5, 0.6) is 0 Å². The molecule has 1 rings (SSSR count). The lowest BCUT2D eigenvalue weighted by molar-refractivity contribution is 0.243. The third kappa shape index (κ3) is 3.33. The van der Waals surface area contributed by atoms with E-state index in [0.29, 0.717) is 12.0 Å². The van der Waals surface area contributed by atoms with Crippen molar-refractivity contribution in [2.45, 2.75) is 72.4 Å². The van der Waals surface area contributed by atoms with Crippen molar-refractivity contribution in [1.82, 2.24) is 10.3 Å². The van der Waals surface area contributed by atoms with Crippen molar-refractivity contribution >= 4 is 11.3 Å². The molecule has 1 heterocycles. The lowest BCUT2D eigenvalue weighted by Crippen LogP contribution is -2.47. The van der Waals surface area contributed by atoms with Gasteiger partial charge in [-0.05, 0) is 26.7 Å². The summed E-state index contributed by atoms with van der Waals surface area (Å²) >= 11 is 1.78. The van der Waals surface area contributed by atoms with E-state index in [4.69, 9.17) is 4.98 Å². The van der Waals surface area contributed by atoms with Crippen LogP contribution in [0.1, 0.15) is 66.1 Å². The fourth-order valence-electron chi connectivity index (χ4n) is 1.93. The second-order valence-corrected chi connectivity index (χ2v) is 7.80. The lowest BCUT2D eigenvalue weighted by atomic mass is 9.87. The van der Waals surface area contributed by atoms with Crippen LogP contribution in [0, 0.1) is 5.92 Å². The van der Waals surface area contributed by atoms with Gasteiger partial charge in [0.2, 0.25) is 0 Å². The zero-order chi connectivity index (χ0) is 14.1. The quantitative estimate of drug-likeness (QED) is 0.880. The molecule has 0 fully saturated rings. The van der Waals surface area contributed by atoms with Crippen LogP contribution in [-0.2, 0) is 11.0 Å². The molecule has 1 aromatic rings. The molecule has 1 aromatic heterocycles. The Morgan fingerprint density at radius 3 is 2.00 bits per heavy atom. The van der Waals surface area contributed by atoms with Crippen LogP contribution in [0.3, 0.4) is 0 Å². The Hall–Kier alpha value is -0.410. The van der Waals surface area contributed by atoms with E-state index in [2.05, 4.69) is 66.1 Å². The first-order chi connectivity index (χ1) is 8.07. The summed E-state index contributed by atoms with van der Waals surface area (Å²) in [7, 11) is 0. The molecular weight excluding hydrogens is 240 g/mol. The normalized spacial score (nSPS) is 16.3. The van der Waals surface area contributed by atoms with Gasteiger partial charge in [-0.15, -0.1) is 11.3 Å². The Balaban J connectivity index is 3.11. The zero-order valence-corrected chi connectivity index (χ0v) is 13.9. The summed E-state index contributed by atoms with van der Waals surface area (Å²) in [4.78, 5) is 4.88. The predicted octanol–water partition coefficient (Wildman–Crippen LogP) is 4.31. The largest absolute Gasteiger partial charge is 0.303 e. The van der Waals surface area contributed by atoms with Crippen molar-refractivity contribution < 1.29 is 0 Å². The van der Waals surface area contributed by atoms with E-state index in [1.165, 1.54) is 10.7 Å². The van der Waals surface area contributed by atoms with Crippen molar-refractivity contribution in [1.29, 1.82) is 0 Å². The number of rotatable bonds is 4. The number of thiazole rings is 1. The van der Waals surface area contributed by atoms with Crippen molar-refractivity contribution in [2.24, 2.45) is 5.92 Å². The van der Waals surface area contributed by atoms with Gasteiger partial charge in [-0.1, -0.05) is 34.6 Å². The molecule has 3 heteroatoms. The van der Waals surface area contributed by atoms with Gasteiger partial charge in [0.1, 0.15) is 5.01 Å². The predicted molar refractivity (Wildman–Crippen MR) is 81.3 cm³/mol. The van der Waals surface area contributed by atoms with E-state index in [1.807, 2.05) is 0 Å². The molecule has 1 atom stereocenters. The average Bonchev–Trinajstić information content (AvgIpc) is 2.63. The number of nitrogens with zero attached hydrogens (tertiary/aromatic N) is 1. The Bertz CT molecular complexity index is 387. The minimum absolute atomic E-state index is 0.0394. The molecular formula is C15H28N2S. The van der Waals surface area contributed by atoms with Gasteiger partial charge < -0.3 is 5.32 Å². The molecule has 0 aromatic carbocycles. The van der Waals surface area contributed by atoms with E-state index >= 15 is 0 Å². The summed E-state index contributed by atoms with van der Waals surface area (Å²) in [5.74, 6) is 0.513. The van der Waals surface area contributed by atoms with Crippen LogP contribution in [0.4, 0.5) is 0 Å². The molecule has 0 bridgehead atoms. The van der Waals surface area contributed by atoms with Gasteiger partial charge in [-0.25, -0.2) is 4.98 Å². The smallest absolute Gasteiger partial charge is 0.113 e. The Morgan fingerprint density at radius 2 is 1.67 bits per heavy atom. The van der Waals surface area contributed by atoms with E-state index < -0.39 is 0 Å². The second-order valence-electron chi connectivity index (χ2n) is 6.94. The topological polar surface area (TPSA) is 24.9 Å². The van der Waals surface area contributed by atoms with Crippen molar-refractivity contribution in [3.63, 3.8) is 0 Å². The van der Waals surface area contributed by atoms with Crippen molar-refractivity contribution in [3.05, 3.63) is 16.1 Å². The van der Waals surface area contributed by atoms with Gasteiger partial charge in [0.05, 0.1) is 11.2 Å². The van der Waals surface area contributed by atoms with Crippen LogP contribution in [0.2, 0.25) is 0 Å². The van der Waals surface area contributed by atoms with E-state index in [0.717, 1.165) is 0 Å². The fraction of sp³-hybridized carbons (Fsp3) is 0.800. The average molecular weight is 268 g/mol. The molecule has 2 nitrogen and oxygen atoms in total. The maximum Gasteiger partial charge on any atom is 0.113 e. The molecule has 0 aliphatic rings. The summed E-state index contributed by atoms with van der Waals surface area (Å²) in [6.07, 6.45) is 0. The van der Waals surface area contributed by atoms with Gasteiger partial charge in [0.15, 0.2) is 0 Å². The maximum absolute atomic E-state index is 4.88. The minimum atomic E-state index is -0.0394. The Morgan fingerprint density at radius 1 is 1.11 bits per heavy atom. The number of hydrogen-bond acceptors (Lipinski definition) is 3. The van der Waals surface area contributed by atoms with Crippen LogP contribution >= 0.6 is 11.3 Å². The molecule has 0 spiro atoms. The van der Waals surface area contributed by atoms with E-state index in [9.17, 15) is 0 Å². The zero-order valence-electron chi connectivity index (χ0n) is 13.1. The van der Waals surface area contributed by atoms with Gasteiger partial charge in [0, 0.05) is 16.8 Å². The highest BCUT2D eigenvalue weighted by Gasteiger charge is 2.34. The highest BCUT2D eigenvalue weighted by atomic mass is 32.1. The van der Waals surface area contributed by atoms with Crippen LogP contribution in [-0.4, -0.2) is 11.0 Å². The summed E-state index contributed by atoms with van der Waals surface area (Å²) in [6.45, 7) is 17.8. The molecule has 1 unspecified atom stereocenters. The monoisotopic (exact) mass is 268 g/mol. The molecule has 0 saturated heterocycles. The van der Waals surface area contributed by atoms with E-state index in [1.54, 1.807) is 11.3 Å². The number of aromatic nitrogens is 1. The molecule has 104 valence electrons. The maximum atomic E-state index is 4.88. The molecule has 18 heavy (non-hydrogen) atoms. The van der Waals surface area contributed by atoms with Crippen molar-refractivity contribution in [3.8, 4) is 0 Å². The summed E-state index contributed by atoms with van der Waals surface area (Å²) < 4.78 is 0. The van der Waals surface area contributed by atoms with Gasteiger partial charge >= 0.3 is 0 Å². The second kappa shape index (κ2) is 5.30. The SMILES string of the molecule is CC(C)NC(C)(c1nc(C(C)(C)C)cs1)C(C)C. The number of nitrogens with one attached hydrogen (secondary N) is 1. The van der Waals surface area contributed by atoms with Crippen LogP contribution in [0.25, 0.3) is 0 Å². The Kier molecular flexibility index (Phi) is 4.60. The summed E-state index contributed by atoms with van der Waals surface area (Å²) in [5, 5.41) is 7.10. The van der Waals surface area contributed by atoms with Gasteiger partial charge in [-0.2, -0.15) is 0 Å². The highest BCUT2D eigenvalue weighted by Crippen LogP contribution is 2.34. The van der Waals surface area contributed by atoms with Gasteiger partial charge in [0.25, 0.3) is 0 Å². The first-order valence-corrected chi connectivity index (χ1v) is 7.69. The fourth-order valence-corrected chi connectivity index (χ4v) is 3.25. The highest BCUT2D eigenvalue weighted by molar-refractivity contribution is 7.09. The number of hydrogen-bond donors (Lipinski definition) is 1. The third-order valence-corrected chi connectivity index (χ3v) is 4.54. The standard InChI is InChI=1S/C15H28N2S/c1-10(2)15(8,17-11(3)4)13-16-12(9-18-13)14(5,6)7/h9-11,17H,1-8H3. The first-order valence-electron chi connectivity index (χ1n) is 6.81. The molecule has 0 radical (unpaired) electrons. The first kappa shape index (κ1) is 15.6. The third-order valence-electron chi connectivity index (χ3n) is 3.46. The molecule has 0 saturated carbocycles. The summed E-state index contributed by atoms with van der Waals surface area (Å²) in [5.41, 5.74) is 1.28. The Labute approximate surface area is 116 Å².